The zero-order valence-corrected chi connectivity index (χ0v) is 8.85. The molecule has 0 fully saturated rings. The second-order valence-corrected chi connectivity index (χ2v) is 3.46. The van der Waals surface area contributed by atoms with Crippen LogP contribution in [-0.4, -0.2) is 30.2 Å². The van der Waals surface area contributed by atoms with Gasteiger partial charge in [-0.3, -0.25) is 4.98 Å². The molecular formula is C10H9N7. The molecular weight excluding hydrogens is 218 g/mol. The molecule has 0 amide bonds. The van der Waals surface area contributed by atoms with Gasteiger partial charge in [-0.2, -0.15) is 0 Å². The molecule has 0 aliphatic heterocycles. The van der Waals surface area contributed by atoms with E-state index in [0.717, 1.165) is 5.56 Å². The van der Waals surface area contributed by atoms with E-state index in [9.17, 15) is 0 Å². The maximum absolute atomic E-state index is 4.20. The molecule has 0 unspecified atom stereocenters. The van der Waals surface area contributed by atoms with E-state index in [0.29, 0.717) is 18.0 Å². The number of tetrazole rings is 1. The van der Waals surface area contributed by atoms with Crippen molar-refractivity contribution in [2.75, 3.05) is 5.32 Å². The van der Waals surface area contributed by atoms with E-state index in [1.54, 1.807) is 12.3 Å². The molecule has 7 heteroatoms. The minimum Gasteiger partial charge on any atom is -0.364 e. The van der Waals surface area contributed by atoms with Crippen LogP contribution in [0.15, 0.2) is 36.7 Å². The molecule has 1 N–H and O–H groups in total. The quantitative estimate of drug-likeness (QED) is 0.702. The van der Waals surface area contributed by atoms with Gasteiger partial charge >= 0.3 is 0 Å². The standard InChI is InChI=1S/C10H9N7/c1-2-8(6-11-5-1)7-12-9-3-4-10-13-15-16-17(10)14-9/h1-6H,7H2,(H,12,14). The number of pyridine rings is 1. The highest BCUT2D eigenvalue weighted by Crippen LogP contribution is 2.05. The first-order chi connectivity index (χ1) is 8.42. The summed E-state index contributed by atoms with van der Waals surface area (Å²) in [7, 11) is 0. The van der Waals surface area contributed by atoms with Crippen molar-refractivity contribution < 1.29 is 0 Å². The van der Waals surface area contributed by atoms with Gasteiger partial charge in [-0.15, -0.1) is 14.8 Å². The average Bonchev–Trinajstić information content (AvgIpc) is 2.85. The Hall–Kier alpha value is -2.57. The lowest BCUT2D eigenvalue weighted by atomic mass is 10.3. The first kappa shape index (κ1) is 9.64. The van der Waals surface area contributed by atoms with E-state index in [1.807, 2.05) is 24.4 Å². The highest BCUT2D eigenvalue weighted by atomic mass is 15.6. The van der Waals surface area contributed by atoms with E-state index in [2.05, 4.69) is 30.9 Å². The summed E-state index contributed by atoms with van der Waals surface area (Å²) in [6.07, 6.45) is 3.55. The van der Waals surface area contributed by atoms with Crippen molar-refractivity contribution in [2.45, 2.75) is 6.54 Å². The van der Waals surface area contributed by atoms with Gasteiger partial charge in [0.1, 0.15) is 5.82 Å². The first-order valence-corrected chi connectivity index (χ1v) is 5.10. The van der Waals surface area contributed by atoms with Gasteiger partial charge in [-0.05, 0) is 34.2 Å². The molecule has 0 spiro atoms. The molecule has 84 valence electrons. The van der Waals surface area contributed by atoms with Gasteiger partial charge in [0.25, 0.3) is 0 Å². The minimum absolute atomic E-state index is 0.622. The van der Waals surface area contributed by atoms with Gasteiger partial charge in [0.2, 0.25) is 0 Å². The van der Waals surface area contributed by atoms with Crippen LogP contribution >= 0.6 is 0 Å². The summed E-state index contributed by atoms with van der Waals surface area (Å²) in [5.41, 5.74) is 1.71. The molecule has 7 nitrogen and oxygen atoms in total. The van der Waals surface area contributed by atoms with E-state index < -0.39 is 0 Å². The highest BCUT2D eigenvalue weighted by Gasteiger charge is 2.00. The number of nitrogens with one attached hydrogen (secondary N) is 1. The van der Waals surface area contributed by atoms with Gasteiger partial charge in [0, 0.05) is 18.9 Å². The van der Waals surface area contributed by atoms with Gasteiger partial charge in [0.15, 0.2) is 5.65 Å². The number of hydrogen-bond donors (Lipinski definition) is 1. The molecule has 3 heterocycles. The predicted octanol–water partition coefficient (Wildman–Crippen LogP) is 0.526. The normalized spacial score (nSPS) is 10.6. The van der Waals surface area contributed by atoms with Gasteiger partial charge in [-0.25, -0.2) is 0 Å². The van der Waals surface area contributed by atoms with Crippen LogP contribution in [0.1, 0.15) is 5.56 Å². The SMILES string of the molecule is c1cncc(CNc2ccc3nnnn3n2)c1. The first-order valence-electron chi connectivity index (χ1n) is 5.10. The average molecular weight is 227 g/mol. The second-order valence-electron chi connectivity index (χ2n) is 3.46. The Morgan fingerprint density at radius 2 is 2.24 bits per heavy atom. The zero-order valence-electron chi connectivity index (χ0n) is 8.85. The summed E-state index contributed by atoms with van der Waals surface area (Å²) in [4.78, 5) is 4.04. The summed E-state index contributed by atoms with van der Waals surface area (Å²) in [5, 5.41) is 18.4. The number of aromatic nitrogens is 6. The third-order valence-corrected chi connectivity index (χ3v) is 2.27. The smallest absolute Gasteiger partial charge is 0.200 e. The molecule has 0 atom stereocenters. The van der Waals surface area contributed by atoms with E-state index in [4.69, 9.17) is 0 Å². The Balaban J connectivity index is 1.76. The Kier molecular flexibility index (Phi) is 2.34. The van der Waals surface area contributed by atoms with Crippen molar-refractivity contribution in [3.8, 4) is 0 Å². The fraction of sp³-hybridized carbons (Fsp3) is 0.100. The summed E-state index contributed by atoms with van der Waals surface area (Å²) in [6.45, 7) is 0.661. The lowest BCUT2D eigenvalue weighted by Gasteiger charge is -2.04. The third kappa shape index (κ3) is 2.03. The van der Waals surface area contributed by atoms with Crippen LogP contribution in [0.2, 0.25) is 0 Å². The van der Waals surface area contributed by atoms with Crippen molar-refractivity contribution in [1.29, 1.82) is 0 Å². The zero-order chi connectivity index (χ0) is 11.5. The second kappa shape index (κ2) is 4.12. The van der Waals surface area contributed by atoms with Crippen LogP contribution in [0.25, 0.3) is 5.65 Å². The molecule has 3 aromatic heterocycles. The molecule has 0 saturated carbocycles. The Morgan fingerprint density at radius 3 is 3.12 bits per heavy atom. The van der Waals surface area contributed by atoms with Crippen molar-refractivity contribution in [3.05, 3.63) is 42.2 Å². The van der Waals surface area contributed by atoms with Crippen LogP contribution in [0.5, 0.6) is 0 Å². The molecule has 0 radical (unpaired) electrons. The Morgan fingerprint density at radius 1 is 1.24 bits per heavy atom. The lowest BCUT2D eigenvalue weighted by Crippen LogP contribution is -2.04. The summed E-state index contributed by atoms with van der Waals surface area (Å²) < 4.78 is 1.38. The number of hydrogen-bond acceptors (Lipinski definition) is 6. The Labute approximate surface area is 96.5 Å². The Bertz CT molecular complexity index is 619. The third-order valence-electron chi connectivity index (χ3n) is 2.27. The minimum atomic E-state index is 0.622. The number of nitrogens with zero attached hydrogens (tertiary/aromatic N) is 6. The fourth-order valence-electron chi connectivity index (χ4n) is 1.44. The van der Waals surface area contributed by atoms with Gasteiger partial charge in [-0.1, -0.05) is 6.07 Å². The van der Waals surface area contributed by atoms with Crippen molar-refractivity contribution in [1.82, 2.24) is 30.2 Å². The number of anilines is 1. The predicted molar refractivity (Wildman–Crippen MR) is 60.1 cm³/mol. The molecule has 0 aliphatic carbocycles. The summed E-state index contributed by atoms with van der Waals surface area (Å²) >= 11 is 0. The van der Waals surface area contributed by atoms with Crippen LogP contribution < -0.4 is 5.32 Å². The number of rotatable bonds is 3. The molecule has 17 heavy (non-hydrogen) atoms. The summed E-state index contributed by atoms with van der Waals surface area (Å²) in [6, 6.07) is 7.53. The van der Waals surface area contributed by atoms with E-state index in [-0.39, 0.29) is 0 Å². The fourth-order valence-corrected chi connectivity index (χ4v) is 1.44. The van der Waals surface area contributed by atoms with Crippen LogP contribution in [-0.2, 0) is 6.54 Å². The van der Waals surface area contributed by atoms with Crippen molar-refractivity contribution in [2.24, 2.45) is 0 Å². The van der Waals surface area contributed by atoms with Crippen LogP contribution in [0.4, 0.5) is 5.82 Å². The van der Waals surface area contributed by atoms with Crippen LogP contribution in [0.3, 0.4) is 0 Å². The van der Waals surface area contributed by atoms with Gasteiger partial charge in [0.05, 0.1) is 0 Å². The summed E-state index contributed by atoms with van der Waals surface area (Å²) in [5.74, 6) is 0.716. The van der Waals surface area contributed by atoms with Crippen LogP contribution in [0, 0.1) is 0 Å². The maximum atomic E-state index is 4.20. The van der Waals surface area contributed by atoms with Crippen molar-refractivity contribution >= 4 is 11.5 Å². The number of fused-ring (bicyclic) bond motifs is 1. The topological polar surface area (TPSA) is 80.9 Å². The molecule has 0 aliphatic rings. The molecule has 3 aromatic rings. The molecule has 0 bridgehead atoms. The maximum Gasteiger partial charge on any atom is 0.200 e. The molecule has 3 rings (SSSR count). The monoisotopic (exact) mass is 227 g/mol. The van der Waals surface area contributed by atoms with Crippen molar-refractivity contribution in [3.63, 3.8) is 0 Å². The van der Waals surface area contributed by atoms with E-state index >= 15 is 0 Å². The van der Waals surface area contributed by atoms with Gasteiger partial charge < -0.3 is 5.32 Å². The molecule has 0 aromatic carbocycles. The molecule has 0 saturated heterocycles. The van der Waals surface area contributed by atoms with E-state index in [1.165, 1.54) is 4.63 Å². The highest BCUT2D eigenvalue weighted by molar-refractivity contribution is 5.42. The largest absolute Gasteiger partial charge is 0.364 e. The lowest BCUT2D eigenvalue weighted by molar-refractivity contribution is 0.734.